The van der Waals surface area contributed by atoms with Crippen molar-refractivity contribution in [3.8, 4) is 0 Å². The molecule has 21 heavy (non-hydrogen) atoms. The second-order valence-electron chi connectivity index (χ2n) is 5.35. The summed E-state index contributed by atoms with van der Waals surface area (Å²) in [5.74, 6) is 0.553. The fourth-order valence-electron chi connectivity index (χ4n) is 2.70. The molecule has 0 aliphatic carbocycles. The molecular formula is C15H19ClN4O. The minimum absolute atomic E-state index is 0. The fraction of sp³-hybridized carbons (Fsp3) is 0.333. The third kappa shape index (κ3) is 2.80. The maximum atomic E-state index is 11.9. The van der Waals surface area contributed by atoms with Gasteiger partial charge in [-0.05, 0) is 42.0 Å². The minimum Gasteiger partial charge on any atom is -0.383 e. The van der Waals surface area contributed by atoms with Gasteiger partial charge in [-0.2, -0.15) is 0 Å². The van der Waals surface area contributed by atoms with Crippen LogP contribution in [0.2, 0.25) is 0 Å². The van der Waals surface area contributed by atoms with E-state index < -0.39 is 0 Å². The molecule has 112 valence electrons. The van der Waals surface area contributed by atoms with E-state index in [9.17, 15) is 4.79 Å². The number of pyridine rings is 1. The highest BCUT2D eigenvalue weighted by atomic mass is 35.5. The van der Waals surface area contributed by atoms with E-state index in [4.69, 9.17) is 11.5 Å². The first-order valence-electron chi connectivity index (χ1n) is 6.74. The molecule has 1 aromatic carbocycles. The van der Waals surface area contributed by atoms with Gasteiger partial charge in [-0.1, -0.05) is 6.07 Å². The molecule has 2 aromatic rings. The number of hydrogen-bond acceptors (Lipinski definition) is 4. The van der Waals surface area contributed by atoms with Crippen molar-refractivity contribution in [3.05, 3.63) is 35.5 Å². The van der Waals surface area contributed by atoms with Crippen LogP contribution in [0.25, 0.3) is 10.8 Å². The number of benzene rings is 1. The lowest BCUT2D eigenvalue weighted by Crippen LogP contribution is -2.33. The van der Waals surface area contributed by atoms with Gasteiger partial charge in [-0.25, -0.2) is 4.98 Å². The monoisotopic (exact) mass is 306 g/mol. The van der Waals surface area contributed by atoms with Crippen molar-refractivity contribution < 1.29 is 4.79 Å². The van der Waals surface area contributed by atoms with Gasteiger partial charge in [0, 0.05) is 24.7 Å². The van der Waals surface area contributed by atoms with Gasteiger partial charge in [0.2, 0.25) is 5.91 Å². The van der Waals surface area contributed by atoms with Crippen LogP contribution in [0.4, 0.5) is 5.82 Å². The number of aromatic nitrogens is 1. The molecule has 1 aliphatic heterocycles. The number of rotatable bonds is 2. The SMILES string of the molecule is Cc1cc2ccnc(N)c2cc1CN1CC[C@H](N)C1=O.Cl. The molecule has 0 bridgehead atoms. The standard InChI is InChI=1S/C15H18N4O.ClH/c1-9-6-10-2-4-18-14(17)12(10)7-11(9)8-19-5-3-13(16)15(19)20;/h2,4,6-7,13H,3,5,8,16H2,1H3,(H2,17,18);1H/t13-;/m0./s1. The van der Waals surface area contributed by atoms with E-state index in [0.29, 0.717) is 12.4 Å². The molecule has 0 unspecified atom stereocenters. The van der Waals surface area contributed by atoms with Crippen LogP contribution in [0.5, 0.6) is 0 Å². The highest BCUT2D eigenvalue weighted by Crippen LogP contribution is 2.25. The number of hydrogen-bond donors (Lipinski definition) is 2. The van der Waals surface area contributed by atoms with Crippen molar-refractivity contribution in [2.45, 2.75) is 25.9 Å². The van der Waals surface area contributed by atoms with E-state index in [-0.39, 0.29) is 24.4 Å². The summed E-state index contributed by atoms with van der Waals surface area (Å²) in [5.41, 5.74) is 13.9. The number of nitrogen functional groups attached to an aromatic ring is 1. The van der Waals surface area contributed by atoms with Gasteiger partial charge < -0.3 is 16.4 Å². The van der Waals surface area contributed by atoms with E-state index in [2.05, 4.69) is 11.1 Å². The van der Waals surface area contributed by atoms with Crippen LogP contribution in [-0.4, -0.2) is 28.4 Å². The van der Waals surface area contributed by atoms with Crippen LogP contribution in [-0.2, 0) is 11.3 Å². The van der Waals surface area contributed by atoms with Crippen molar-refractivity contribution in [2.24, 2.45) is 5.73 Å². The Morgan fingerprint density at radius 2 is 2.19 bits per heavy atom. The quantitative estimate of drug-likeness (QED) is 0.882. The van der Waals surface area contributed by atoms with Crippen molar-refractivity contribution in [1.29, 1.82) is 0 Å². The average molecular weight is 307 g/mol. The Kier molecular flexibility index (Phi) is 4.34. The summed E-state index contributed by atoms with van der Waals surface area (Å²) in [5, 5.41) is 2.01. The molecule has 0 spiro atoms. The molecule has 0 radical (unpaired) electrons. The summed E-state index contributed by atoms with van der Waals surface area (Å²) in [4.78, 5) is 17.8. The molecule has 6 heteroatoms. The number of halogens is 1. The van der Waals surface area contributed by atoms with Crippen molar-refractivity contribution in [2.75, 3.05) is 12.3 Å². The third-order valence-corrected chi connectivity index (χ3v) is 3.95. The van der Waals surface area contributed by atoms with Crippen molar-refractivity contribution >= 4 is 34.9 Å². The van der Waals surface area contributed by atoms with Gasteiger partial charge >= 0.3 is 0 Å². The number of nitrogens with two attached hydrogens (primary N) is 2. The van der Waals surface area contributed by atoms with Crippen LogP contribution < -0.4 is 11.5 Å². The van der Waals surface area contributed by atoms with Crippen LogP contribution in [0.1, 0.15) is 17.5 Å². The number of carbonyl (C=O) groups is 1. The summed E-state index contributed by atoms with van der Waals surface area (Å²) in [6.45, 7) is 3.36. The topological polar surface area (TPSA) is 85.2 Å². The van der Waals surface area contributed by atoms with Crippen LogP contribution in [0.3, 0.4) is 0 Å². The first-order valence-corrected chi connectivity index (χ1v) is 6.74. The van der Waals surface area contributed by atoms with E-state index in [1.807, 2.05) is 24.0 Å². The summed E-state index contributed by atoms with van der Waals surface area (Å²) in [6, 6.07) is 5.72. The van der Waals surface area contributed by atoms with Gasteiger partial charge in [0.1, 0.15) is 5.82 Å². The van der Waals surface area contributed by atoms with Gasteiger partial charge in [-0.3, -0.25) is 4.79 Å². The Morgan fingerprint density at radius 3 is 2.86 bits per heavy atom. The molecule has 0 saturated carbocycles. The second kappa shape index (κ2) is 5.87. The lowest BCUT2D eigenvalue weighted by atomic mass is 10.0. The minimum atomic E-state index is -0.345. The highest BCUT2D eigenvalue weighted by molar-refractivity contribution is 5.92. The Balaban J connectivity index is 0.00000161. The molecule has 4 N–H and O–H groups in total. The zero-order valence-electron chi connectivity index (χ0n) is 11.9. The molecule has 1 aromatic heterocycles. The fourth-order valence-corrected chi connectivity index (χ4v) is 2.70. The van der Waals surface area contributed by atoms with Gasteiger partial charge in [-0.15, -0.1) is 12.4 Å². The maximum Gasteiger partial charge on any atom is 0.239 e. The zero-order chi connectivity index (χ0) is 14.3. The average Bonchev–Trinajstić information content (AvgIpc) is 2.72. The molecule has 3 rings (SSSR count). The van der Waals surface area contributed by atoms with Crippen LogP contribution in [0, 0.1) is 6.92 Å². The first-order chi connectivity index (χ1) is 9.56. The van der Waals surface area contributed by atoms with Gasteiger partial charge in [0.15, 0.2) is 0 Å². The largest absolute Gasteiger partial charge is 0.383 e. The lowest BCUT2D eigenvalue weighted by molar-refractivity contribution is -0.129. The van der Waals surface area contributed by atoms with Crippen molar-refractivity contribution in [3.63, 3.8) is 0 Å². The summed E-state index contributed by atoms with van der Waals surface area (Å²) >= 11 is 0. The second-order valence-corrected chi connectivity index (χ2v) is 5.35. The summed E-state index contributed by atoms with van der Waals surface area (Å²) < 4.78 is 0. The Hall–Kier alpha value is -1.85. The lowest BCUT2D eigenvalue weighted by Gasteiger charge is -2.18. The number of amides is 1. The first kappa shape index (κ1) is 15.5. The molecule has 1 amide bonds. The molecule has 1 fully saturated rings. The highest BCUT2D eigenvalue weighted by Gasteiger charge is 2.28. The molecule has 1 atom stereocenters. The number of carbonyl (C=O) groups excluding carboxylic acids is 1. The van der Waals surface area contributed by atoms with Gasteiger partial charge in [0.25, 0.3) is 0 Å². The number of likely N-dealkylation sites (tertiary alicyclic amines) is 1. The zero-order valence-corrected chi connectivity index (χ0v) is 12.7. The number of aryl methyl sites for hydroxylation is 1. The third-order valence-electron chi connectivity index (χ3n) is 3.95. The number of nitrogens with zero attached hydrogens (tertiary/aromatic N) is 2. The Bertz CT molecular complexity index is 689. The maximum absolute atomic E-state index is 11.9. The van der Waals surface area contributed by atoms with Crippen molar-refractivity contribution in [1.82, 2.24) is 9.88 Å². The molecule has 1 aliphatic rings. The Labute approximate surface area is 129 Å². The Morgan fingerprint density at radius 1 is 1.43 bits per heavy atom. The molecule has 2 heterocycles. The van der Waals surface area contributed by atoms with E-state index >= 15 is 0 Å². The van der Waals surface area contributed by atoms with Crippen LogP contribution in [0.15, 0.2) is 24.4 Å². The number of anilines is 1. The summed E-state index contributed by atoms with van der Waals surface area (Å²) in [7, 11) is 0. The van der Waals surface area contributed by atoms with E-state index in [0.717, 1.165) is 34.9 Å². The summed E-state index contributed by atoms with van der Waals surface area (Å²) in [6.07, 6.45) is 2.44. The molecular weight excluding hydrogens is 288 g/mol. The number of fused-ring (bicyclic) bond motifs is 1. The van der Waals surface area contributed by atoms with Gasteiger partial charge in [0.05, 0.1) is 6.04 Å². The predicted molar refractivity (Wildman–Crippen MR) is 86.1 cm³/mol. The van der Waals surface area contributed by atoms with E-state index in [1.165, 1.54) is 0 Å². The normalized spacial score (nSPS) is 18.1. The smallest absolute Gasteiger partial charge is 0.239 e. The van der Waals surface area contributed by atoms with Crippen LogP contribution >= 0.6 is 12.4 Å². The predicted octanol–water partition coefficient (Wildman–Crippen LogP) is 1.61. The van der Waals surface area contributed by atoms with E-state index in [1.54, 1.807) is 6.20 Å². The molecule has 1 saturated heterocycles. The molecule has 5 nitrogen and oxygen atoms in total.